The molecule has 0 aromatic carbocycles. The van der Waals surface area contributed by atoms with Crippen LogP contribution in [0.3, 0.4) is 0 Å². The van der Waals surface area contributed by atoms with Crippen molar-refractivity contribution in [3.8, 4) is 0 Å². The number of nitrogens with zero attached hydrogens (tertiary/aromatic N) is 3. The van der Waals surface area contributed by atoms with E-state index < -0.39 is 5.54 Å². The van der Waals surface area contributed by atoms with Crippen LogP contribution >= 0.6 is 0 Å². The van der Waals surface area contributed by atoms with E-state index in [4.69, 9.17) is 5.73 Å². The van der Waals surface area contributed by atoms with Gasteiger partial charge in [-0.2, -0.15) is 0 Å². The van der Waals surface area contributed by atoms with Crippen LogP contribution in [0.25, 0.3) is 0 Å². The van der Waals surface area contributed by atoms with Gasteiger partial charge in [0.05, 0.1) is 5.54 Å². The van der Waals surface area contributed by atoms with Gasteiger partial charge in [-0.15, -0.1) is 0 Å². The van der Waals surface area contributed by atoms with Gasteiger partial charge in [0.25, 0.3) is 0 Å². The van der Waals surface area contributed by atoms with E-state index >= 15 is 0 Å². The zero-order valence-electron chi connectivity index (χ0n) is 12.2. The molecule has 110 valence electrons. The number of nitrogens with one attached hydrogen (secondary N) is 1. The van der Waals surface area contributed by atoms with Gasteiger partial charge in [-0.1, -0.05) is 6.92 Å². The Labute approximate surface area is 119 Å². The average Bonchev–Trinajstić information content (AvgIpc) is 2.49. The van der Waals surface area contributed by atoms with E-state index in [1.54, 1.807) is 19.3 Å². The summed E-state index contributed by atoms with van der Waals surface area (Å²) in [7, 11) is 0. The smallest absolute Gasteiger partial charge is 0.240 e. The summed E-state index contributed by atoms with van der Waals surface area (Å²) in [5.41, 5.74) is 5.17. The molecular weight excluding hydrogens is 254 g/mol. The van der Waals surface area contributed by atoms with Crippen LogP contribution in [-0.4, -0.2) is 40.5 Å². The minimum absolute atomic E-state index is 0.0607. The average molecular weight is 277 g/mol. The Hall–Kier alpha value is -1.69. The summed E-state index contributed by atoms with van der Waals surface area (Å²) in [5, 5.41) is 3.05. The Morgan fingerprint density at radius 3 is 2.60 bits per heavy atom. The highest BCUT2D eigenvalue weighted by Gasteiger charge is 2.29. The molecule has 1 atom stereocenters. The number of aromatic nitrogens is 2. The van der Waals surface area contributed by atoms with Crippen molar-refractivity contribution < 1.29 is 4.79 Å². The molecule has 0 spiro atoms. The highest BCUT2D eigenvalue weighted by Crippen LogP contribution is 2.16. The molecule has 6 heteroatoms. The van der Waals surface area contributed by atoms with Crippen molar-refractivity contribution >= 4 is 11.9 Å². The van der Waals surface area contributed by atoms with E-state index in [1.807, 2.05) is 13.0 Å². The Morgan fingerprint density at radius 1 is 1.45 bits per heavy atom. The highest BCUT2D eigenvalue weighted by atomic mass is 16.2. The van der Waals surface area contributed by atoms with Crippen molar-refractivity contribution in [2.45, 2.75) is 44.7 Å². The highest BCUT2D eigenvalue weighted by molar-refractivity contribution is 5.85. The third-order valence-electron chi connectivity index (χ3n) is 3.92. The molecule has 2 heterocycles. The monoisotopic (exact) mass is 277 g/mol. The van der Waals surface area contributed by atoms with Gasteiger partial charge in [0.2, 0.25) is 11.9 Å². The maximum absolute atomic E-state index is 12.0. The first kappa shape index (κ1) is 14.7. The predicted molar refractivity (Wildman–Crippen MR) is 78.3 cm³/mol. The van der Waals surface area contributed by atoms with Crippen LogP contribution in [0.15, 0.2) is 18.5 Å². The van der Waals surface area contributed by atoms with Crippen LogP contribution in [-0.2, 0) is 4.79 Å². The Kier molecular flexibility index (Phi) is 4.54. The number of nitrogens with two attached hydrogens (primary N) is 1. The van der Waals surface area contributed by atoms with Gasteiger partial charge in [0, 0.05) is 31.5 Å². The SMILES string of the molecule is CCC(C)(N)C(=O)NC1CCN(c2ncccn2)CC1. The number of amides is 1. The zero-order chi connectivity index (χ0) is 14.6. The number of anilines is 1. The fourth-order valence-corrected chi connectivity index (χ4v) is 2.19. The summed E-state index contributed by atoms with van der Waals surface area (Å²) in [6.45, 7) is 5.40. The quantitative estimate of drug-likeness (QED) is 0.846. The molecule has 1 fully saturated rings. The van der Waals surface area contributed by atoms with E-state index in [0.29, 0.717) is 6.42 Å². The normalized spacial score (nSPS) is 19.4. The molecule has 1 aliphatic rings. The second kappa shape index (κ2) is 6.17. The van der Waals surface area contributed by atoms with Crippen LogP contribution in [0.5, 0.6) is 0 Å². The molecule has 6 nitrogen and oxygen atoms in total. The van der Waals surface area contributed by atoms with Crippen molar-refractivity contribution in [2.75, 3.05) is 18.0 Å². The lowest BCUT2D eigenvalue weighted by Gasteiger charge is -2.34. The molecule has 1 saturated heterocycles. The van der Waals surface area contributed by atoms with Gasteiger partial charge in [-0.05, 0) is 32.3 Å². The molecule has 0 aliphatic carbocycles. The van der Waals surface area contributed by atoms with Crippen LogP contribution in [0.1, 0.15) is 33.1 Å². The molecule has 20 heavy (non-hydrogen) atoms. The van der Waals surface area contributed by atoms with Crippen molar-refractivity contribution in [2.24, 2.45) is 5.73 Å². The van der Waals surface area contributed by atoms with Gasteiger partial charge in [-0.3, -0.25) is 4.79 Å². The molecule has 1 aliphatic heterocycles. The molecule has 0 bridgehead atoms. The number of hydrogen-bond acceptors (Lipinski definition) is 5. The minimum atomic E-state index is -0.778. The Morgan fingerprint density at radius 2 is 2.05 bits per heavy atom. The van der Waals surface area contributed by atoms with E-state index in [-0.39, 0.29) is 11.9 Å². The van der Waals surface area contributed by atoms with Crippen LogP contribution < -0.4 is 16.0 Å². The van der Waals surface area contributed by atoms with Crippen molar-refractivity contribution in [1.29, 1.82) is 0 Å². The van der Waals surface area contributed by atoms with Gasteiger partial charge in [-0.25, -0.2) is 9.97 Å². The lowest BCUT2D eigenvalue weighted by Crippen LogP contribution is -2.55. The molecular formula is C14H23N5O. The van der Waals surface area contributed by atoms with Crippen LogP contribution in [0.2, 0.25) is 0 Å². The second-order valence-electron chi connectivity index (χ2n) is 5.55. The van der Waals surface area contributed by atoms with Crippen LogP contribution in [0, 0.1) is 0 Å². The van der Waals surface area contributed by atoms with Gasteiger partial charge >= 0.3 is 0 Å². The van der Waals surface area contributed by atoms with Crippen molar-refractivity contribution in [3.63, 3.8) is 0 Å². The first-order valence-electron chi connectivity index (χ1n) is 7.14. The lowest BCUT2D eigenvalue weighted by atomic mass is 9.97. The van der Waals surface area contributed by atoms with E-state index in [2.05, 4.69) is 20.2 Å². The summed E-state index contributed by atoms with van der Waals surface area (Å²) in [5.74, 6) is 0.698. The summed E-state index contributed by atoms with van der Waals surface area (Å²) in [4.78, 5) is 22.7. The van der Waals surface area contributed by atoms with Crippen LogP contribution in [0.4, 0.5) is 5.95 Å². The molecule has 1 unspecified atom stereocenters. The Bertz CT molecular complexity index is 440. The zero-order valence-corrected chi connectivity index (χ0v) is 12.2. The summed E-state index contributed by atoms with van der Waals surface area (Å²) in [6.07, 6.45) is 5.91. The molecule has 3 N–H and O–H groups in total. The first-order valence-corrected chi connectivity index (χ1v) is 7.14. The number of carbonyl (C=O) groups is 1. The fourth-order valence-electron chi connectivity index (χ4n) is 2.19. The maximum atomic E-state index is 12.0. The summed E-state index contributed by atoms with van der Waals surface area (Å²) < 4.78 is 0. The van der Waals surface area contributed by atoms with E-state index in [9.17, 15) is 4.79 Å². The first-order chi connectivity index (χ1) is 9.53. The largest absolute Gasteiger partial charge is 0.352 e. The molecule has 0 radical (unpaired) electrons. The van der Waals surface area contributed by atoms with Crippen molar-refractivity contribution in [1.82, 2.24) is 15.3 Å². The summed E-state index contributed by atoms with van der Waals surface area (Å²) >= 11 is 0. The Balaban J connectivity index is 1.85. The third-order valence-corrected chi connectivity index (χ3v) is 3.92. The third kappa shape index (κ3) is 3.45. The number of carbonyl (C=O) groups excluding carboxylic acids is 1. The molecule has 1 aromatic rings. The van der Waals surface area contributed by atoms with E-state index in [0.717, 1.165) is 31.9 Å². The molecule has 2 rings (SSSR count). The number of hydrogen-bond donors (Lipinski definition) is 2. The van der Waals surface area contributed by atoms with Crippen molar-refractivity contribution in [3.05, 3.63) is 18.5 Å². The summed E-state index contributed by atoms with van der Waals surface area (Å²) in [6, 6.07) is 2.00. The second-order valence-corrected chi connectivity index (χ2v) is 5.55. The van der Waals surface area contributed by atoms with Gasteiger partial charge in [0.1, 0.15) is 0 Å². The number of rotatable bonds is 4. The topological polar surface area (TPSA) is 84.1 Å². The molecule has 1 amide bonds. The van der Waals surface area contributed by atoms with Gasteiger partial charge in [0.15, 0.2) is 0 Å². The maximum Gasteiger partial charge on any atom is 0.240 e. The molecule has 1 aromatic heterocycles. The standard InChI is InChI=1S/C14H23N5O/c1-3-14(2,15)12(20)18-11-5-9-19(10-6-11)13-16-7-4-8-17-13/h4,7-8,11H,3,5-6,9-10,15H2,1-2H3,(H,18,20). The van der Waals surface area contributed by atoms with E-state index in [1.165, 1.54) is 0 Å². The van der Waals surface area contributed by atoms with Gasteiger partial charge < -0.3 is 16.0 Å². The number of piperidine rings is 1. The fraction of sp³-hybridized carbons (Fsp3) is 0.643. The lowest BCUT2D eigenvalue weighted by molar-refractivity contribution is -0.126. The molecule has 0 saturated carbocycles. The minimum Gasteiger partial charge on any atom is -0.352 e. The predicted octanol–water partition coefficient (Wildman–Crippen LogP) is 0.689.